The number of hydrogen-bond donors (Lipinski definition) is 1. The highest BCUT2D eigenvalue weighted by Crippen LogP contribution is 2.33. The number of rotatable bonds is 8. The first-order valence-corrected chi connectivity index (χ1v) is 9.24. The number of nitrogens with zero attached hydrogens (tertiary/aromatic N) is 1. The van der Waals surface area contributed by atoms with Crippen LogP contribution in [0.5, 0.6) is 11.5 Å². The number of hydrazine groups is 1. The molecule has 4 heteroatoms. The summed E-state index contributed by atoms with van der Waals surface area (Å²) in [5, 5.41) is 2.34. The second-order valence-electron chi connectivity index (χ2n) is 7.10. The van der Waals surface area contributed by atoms with Crippen molar-refractivity contribution in [2.75, 3.05) is 13.3 Å². The van der Waals surface area contributed by atoms with Gasteiger partial charge < -0.3 is 14.9 Å². The maximum Gasteiger partial charge on any atom is 0.231 e. The summed E-state index contributed by atoms with van der Waals surface area (Å²) in [5.41, 5.74) is 6.07. The maximum absolute atomic E-state index is 5.49. The molecule has 4 nitrogen and oxygen atoms in total. The third-order valence-corrected chi connectivity index (χ3v) is 5.22. The van der Waals surface area contributed by atoms with Gasteiger partial charge in [-0.05, 0) is 56.4 Å². The van der Waals surface area contributed by atoms with Crippen molar-refractivity contribution in [3.8, 4) is 11.5 Å². The van der Waals surface area contributed by atoms with Crippen molar-refractivity contribution in [3.05, 3.63) is 35.5 Å². The number of hydrogen-bond acceptors (Lipinski definition) is 4. The van der Waals surface area contributed by atoms with E-state index in [-0.39, 0.29) is 0 Å². The fraction of sp³-hybridized carbons (Fsp3) is 0.600. The van der Waals surface area contributed by atoms with Crippen LogP contribution in [0.3, 0.4) is 0 Å². The molecule has 1 N–H and O–H groups in total. The molecule has 0 radical (unpaired) electrons. The Kier molecular flexibility index (Phi) is 5.67. The Morgan fingerprint density at radius 1 is 1.21 bits per heavy atom. The highest BCUT2D eigenvalue weighted by molar-refractivity contribution is 5.44. The molecule has 0 saturated heterocycles. The Hall–Kier alpha value is -1.68. The van der Waals surface area contributed by atoms with Crippen LogP contribution in [0.25, 0.3) is 0 Å². The van der Waals surface area contributed by atoms with Gasteiger partial charge in [-0.2, -0.15) is 0 Å². The molecule has 0 aromatic heterocycles. The van der Waals surface area contributed by atoms with Crippen LogP contribution in [0, 0.1) is 5.92 Å². The Morgan fingerprint density at radius 2 is 2.04 bits per heavy atom. The van der Waals surface area contributed by atoms with Gasteiger partial charge in [-0.25, -0.2) is 5.01 Å². The van der Waals surface area contributed by atoms with Crippen molar-refractivity contribution in [3.63, 3.8) is 0 Å². The van der Waals surface area contributed by atoms with E-state index in [1.807, 2.05) is 6.07 Å². The number of fused-ring (bicyclic) bond motifs is 1. The lowest BCUT2D eigenvalue weighted by Crippen LogP contribution is -2.39. The zero-order valence-electron chi connectivity index (χ0n) is 15.2. The van der Waals surface area contributed by atoms with E-state index in [0.29, 0.717) is 12.8 Å². The first-order valence-electron chi connectivity index (χ1n) is 9.24. The summed E-state index contributed by atoms with van der Waals surface area (Å²) < 4.78 is 10.9. The van der Waals surface area contributed by atoms with E-state index in [9.17, 15) is 0 Å². The first-order chi connectivity index (χ1) is 11.7. The minimum absolute atomic E-state index is 0.354. The van der Waals surface area contributed by atoms with Gasteiger partial charge in [0.1, 0.15) is 0 Å². The SMILES string of the molecule is CCC(CCCC(C)N1CC=C(C)N1)Cc1ccc2c(c1)OCO2. The molecule has 0 spiro atoms. The Morgan fingerprint density at radius 3 is 2.79 bits per heavy atom. The lowest BCUT2D eigenvalue weighted by molar-refractivity contribution is 0.174. The molecule has 0 bridgehead atoms. The molecule has 2 aliphatic rings. The normalized spacial score (nSPS) is 19.0. The van der Waals surface area contributed by atoms with Gasteiger partial charge in [0.25, 0.3) is 0 Å². The molecule has 0 amide bonds. The maximum atomic E-state index is 5.49. The van der Waals surface area contributed by atoms with Gasteiger partial charge in [0, 0.05) is 18.3 Å². The fourth-order valence-corrected chi connectivity index (χ4v) is 3.55. The quantitative estimate of drug-likeness (QED) is 0.772. The third kappa shape index (κ3) is 4.23. The van der Waals surface area contributed by atoms with Gasteiger partial charge in [-0.15, -0.1) is 0 Å². The summed E-state index contributed by atoms with van der Waals surface area (Å²) in [7, 11) is 0. The monoisotopic (exact) mass is 330 g/mol. The molecule has 2 unspecified atom stereocenters. The summed E-state index contributed by atoms with van der Waals surface area (Å²) in [5.74, 6) is 2.52. The summed E-state index contributed by atoms with van der Waals surface area (Å²) in [6.45, 7) is 8.13. The van der Waals surface area contributed by atoms with Gasteiger partial charge in [-0.3, -0.25) is 0 Å². The van der Waals surface area contributed by atoms with Gasteiger partial charge in [0.05, 0.1) is 0 Å². The molecule has 0 saturated carbocycles. The van der Waals surface area contributed by atoms with Crippen LogP contribution in [0.4, 0.5) is 0 Å². The highest BCUT2D eigenvalue weighted by Gasteiger charge is 2.18. The predicted octanol–water partition coefficient (Wildman–Crippen LogP) is 4.27. The molecular formula is C20H30N2O2. The number of ether oxygens (including phenoxy) is 2. The topological polar surface area (TPSA) is 33.7 Å². The van der Waals surface area contributed by atoms with Crippen LogP contribution in [0.1, 0.15) is 52.0 Å². The van der Waals surface area contributed by atoms with Crippen molar-refractivity contribution < 1.29 is 9.47 Å². The Bertz CT molecular complexity index is 585. The van der Waals surface area contributed by atoms with Gasteiger partial charge >= 0.3 is 0 Å². The van der Waals surface area contributed by atoms with E-state index < -0.39 is 0 Å². The number of allylic oxidation sites excluding steroid dienone is 1. The van der Waals surface area contributed by atoms with Crippen molar-refractivity contribution in [2.45, 2.75) is 58.9 Å². The summed E-state index contributed by atoms with van der Waals surface area (Å²) in [4.78, 5) is 0. The van der Waals surface area contributed by atoms with E-state index in [4.69, 9.17) is 9.47 Å². The standard InChI is InChI=1S/C20H30N2O2/c1-4-17(7-5-6-16(3)22-11-10-15(2)21-22)12-18-8-9-19-20(13-18)24-14-23-19/h8-10,13,16-17,21H,4-7,11-12,14H2,1-3H3. The average molecular weight is 330 g/mol. The van der Waals surface area contributed by atoms with Crippen LogP contribution in [0.2, 0.25) is 0 Å². The van der Waals surface area contributed by atoms with E-state index in [0.717, 1.165) is 30.4 Å². The van der Waals surface area contributed by atoms with E-state index in [2.05, 4.69) is 49.4 Å². The summed E-state index contributed by atoms with van der Waals surface area (Å²) >= 11 is 0. The van der Waals surface area contributed by atoms with Crippen molar-refractivity contribution >= 4 is 0 Å². The van der Waals surface area contributed by atoms with Gasteiger partial charge in [0.15, 0.2) is 11.5 Å². The predicted molar refractivity (Wildman–Crippen MR) is 97.0 cm³/mol. The molecule has 2 heterocycles. The molecule has 2 atom stereocenters. The van der Waals surface area contributed by atoms with E-state index in [1.165, 1.54) is 36.9 Å². The van der Waals surface area contributed by atoms with E-state index in [1.54, 1.807) is 0 Å². The van der Waals surface area contributed by atoms with Crippen LogP contribution in [-0.4, -0.2) is 24.4 Å². The smallest absolute Gasteiger partial charge is 0.231 e. The Labute approximate surface area is 145 Å². The van der Waals surface area contributed by atoms with Gasteiger partial charge in [0.2, 0.25) is 6.79 Å². The minimum Gasteiger partial charge on any atom is -0.454 e. The molecule has 24 heavy (non-hydrogen) atoms. The number of benzene rings is 1. The molecule has 1 aromatic rings. The third-order valence-electron chi connectivity index (χ3n) is 5.22. The average Bonchev–Trinajstić information content (AvgIpc) is 3.22. The fourth-order valence-electron chi connectivity index (χ4n) is 3.55. The first kappa shape index (κ1) is 17.2. The second kappa shape index (κ2) is 7.93. The molecular weight excluding hydrogens is 300 g/mol. The number of nitrogens with one attached hydrogen (secondary N) is 1. The van der Waals surface area contributed by atoms with Crippen molar-refractivity contribution in [2.24, 2.45) is 5.92 Å². The second-order valence-corrected chi connectivity index (χ2v) is 7.10. The molecule has 0 aliphatic carbocycles. The molecule has 2 aliphatic heterocycles. The van der Waals surface area contributed by atoms with Crippen molar-refractivity contribution in [1.82, 2.24) is 10.4 Å². The highest BCUT2D eigenvalue weighted by atomic mass is 16.7. The largest absolute Gasteiger partial charge is 0.454 e. The summed E-state index contributed by atoms with van der Waals surface area (Å²) in [6, 6.07) is 6.96. The molecule has 3 rings (SSSR count). The molecule has 1 aromatic carbocycles. The lowest BCUT2D eigenvalue weighted by atomic mass is 9.91. The van der Waals surface area contributed by atoms with Crippen molar-refractivity contribution in [1.29, 1.82) is 0 Å². The van der Waals surface area contributed by atoms with Gasteiger partial charge in [-0.1, -0.05) is 32.3 Å². The molecule has 0 fully saturated rings. The molecule has 132 valence electrons. The van der Waals surface area contributed by atoms with Crippen LogP contribution in [0.15, 0.2) is 30.0 Å². The van der Waals surface area contributed by atoms with Crippen LogP contribution >= 0.6 is 0 Å². The Balaban J connectivity index is 1.43. The zero-order chi connectivity index (χ0) is 16.9. The minimum atomic E-state index is 0.354. The van der Waals surface area contributed by atoms with Crippen LogP contribution in [-0.2, 0) is 6.42 Å². The summed E-state index contributed by atoms with van der Waals surface area (Å²) in [6.07, 6.45) is 8.42. The van der Waals surface area contributed by atoms with Crippen LogP contribution < -0.4 is 14.9 Å². The lowest BCUT2D eigenvalue weighted by Gasteiger charge is -2.25. The zero-order valence-corrected chi connectivity index (χ0v) is 15.2. The van der Waals surface area contributed by atoms with E-state index >= 15 is 0 Å².